The van der Waals surface area contributed by atoms with Crippen molar-refractivity contribution in [2.75, 3.05) is 11.9 Å². The molecular formula is C17H18N2O4. The summed E-state index contributed by atoms with van der Waals surface area (Å²) >= 11 is 0. The molecule has 0 fully saturated rings. The summed E-state index contributed by atoms with van der Waals surface area (Å²) in [6.07, 6.45) is 0. The van der Waals surface area contributed by atoms with E-state index in [1.165, 1.54) is 18.2 Å². The maximum Gasteiger partial charge on any atom is 0.269 e. The second-order valence-corrected chi connectivity index (χ2v) is 5.34. The van der Waals surface area contributed by atoms with Gasteiger partial charge in [0.05, 0.1) is 4.92 Å². The monoisotopic (exact) mass is 314 g/mol. The van der Waals surface area contributed by atoms with Gasteiger partial charge in [-0.3, -0.25) is 14.9 Å². The minimum Gasteiger partial charge on any atom is -0.484 e. The van der Waals surface area contributed by atoms with Crippen LogP contribution >= 0.6 is 0 Å². The molecule has 2 aromatic rings. The number of carbonyl (C=O) groups excluding carboxylic acids is 1. The highest BCUT2D eigenvalue weighted by atomic mass is 16.6. The molecule has 1 N–H and O–H groups in total. The molecule has 0 aliphatic carbocycles. The Kier molecular flexibility index (Phi) is 4.95. The van der Waals surface area contributed by atoms with E-state index < -0.39 is 4.92 Å². The predicted molar refractivity (Wildman–Crippen MR) is 87.9 cm³/mol. The van der Waals surface area contributed by atoms with Gasteiger partial charge in [0.15, 0.2) is 6.61 Å². The highest BCUT2D eigenvalue weighted by Gasteiger charge is 2.10. The Morgan fingerprint density at radius 3 is 2.43 bits per heavy atom. The Morgan fingerprint density at radius 1 is 1.09 bits per heavy atom. The summed E-state index contributed by atoms with van der Waals surface area (Å²) in [6.45, 7) is 5.55. The Morgan fingerprint density at radius 2 is 1.83 bits per heavy atom. The van der Waals surface area contributed by atoms with Crippen molar-refractivity contribution in [3.63, 3.8) is 0 Å². The van der Waals surface area contributed by atoms with E-state index >= 15 is 0 Å². The highest BCUT2D eigenvalue weighted by Crippen LogP contribution is 2.21. The molecule has 0 bridgehead atoms. The first-order valence-electron chi connectivity index (χ1n) is 7.12. The number of non-ortho nitro benzene ring substituents is 1. The van der Waals surface area contributed by atoms with Crippen molar-refractivity contribution in [3.05, 3.63) is 63.2 Å². The maximum atomic E-state index is 11.9. The number of ether oxygens (including phenoxy) is 1. The minimum absolute atomic E-state index is 0.00752. The number of nitrogens with one attached hydrogen (secondary N) is 1. The van der Waals surface area contributed by atoms with E-state index in [1.54, 1.807) is 6.92 Å². The number of benzene rings is 2. The Bertz CT molecular complexity index is 756. The average Bonchev–Trinajstić information content (AvgIpc) is 2.50. The van der Waals surface area contributed by atoms with Gasteiger partial charge in [0.1, 0.15) is 5.75 Å². The van der Waals surface area contributed by atoms with Gasteiger partial charge in [-0.2, -0.15) is 0 Å². The molecule has 0 heterocycles. The van der Waals surface area contributed by atoms with Crippen LogP contribution in [0.4, 0.5) is 11.4 Å². The summed E-state index contributed by atoms with van der Waals surface area (Å²) in [6, 6.07) is 9.91. The van der Waals surface area contributed by atoms with Crippen LogP contribution < -0.4 is 10.1 Å². The molecule has 0 atom stereocenters. The summed E-state index contributed by atoms with van der Waals surface area (Å²) in [5, 5.41) is 13.4. The van der Waals surface area contributed by atoms with Crippen LogP contribution in [0.2, 0.25) is 0 Å². The third-order valence-electron chi connectivity index (χ3n) is 3.54. The van der Waals surface area contributed by atoms with Crippen LogP contribution in [0.1, 0.15) is 16.7 Å². The lowest BCUT2D eigenvalue weighted by Gasteiger charge is -2.10. The lowest BCUT2D eigenvalue weighted by atomic mass is 10.1. The summed E-state index contributed by atoms with van der Waals surface area (Å²) in [4.78, 5) is 22.2. The van der Waals surface area contributed by atoms with Crippen LogP contribution in [0.3, 0.4) is 0 Å². The number of amides is 1. The van der Waals surface area contributed by atoms with Crippen molar-refractivity contribution in [3.8, 4) is 5.75 Å². The van der Waals surface area contributed by atoms with Crippen LogP contribution in [-0.4, -0.2) is 17.4 Å². The molecule has 0 saturated heterocycles. The molecule has 120 valence electrons. The number of nitro benzene ring substituents is 1. The predicted octanol–water partition coefficient (Wildman–Crippen LogP) is 3.54. The van der Waals surface area contributed by atoms with Gasteiger partial charge in [-0.15, -0.1) is 0 Å². The van der Waals surface area contributed by atoms with Crippen molar-refractivity contribution >= 4 is 17.3 Å². The topological polar surface area (TPSA) is 81.5 Å². The SMILES string of the molecule is Cc1ccc(OCC(=O)Nc2ccc([N+](=O)[O-])cc2C)cc1C. The molecule has 23 heavy (non-hydrogen) atoms. The van der Waals surface area contributed by atoms with Crippen molar-refractivity contribution in [1.29, 1.82) is 0 Å². The summed E-state index contributed by atoms with van der Waals surface area (Å²) in [7, 11) is 0. The van der Waals surface area contributed by atoms with Gasteiger partial charge < -0.3 is 10.1 Å². The fourth-order valence-electron chi connectivity index (χ4n) is 2.04. The molecule has 6 heteroatoms. The van der Waals surface area contributed by atoms with Gasteiger partial charge >= 0.3 is 0 Å². The van der Waals surface area contributed by atoms with Crippen LogP contribution in [0.5, 0.6) is 5.75 Å². The first-order chi connectivity index (χ1) is 10.9. The number of hydrogen-bond donors (Lipinski definition) is 1. The largest absolute Gasteiger partial charge is 0.484 e. The highest BCUT2D eigenvalue weighted by molar-refractivity contribution is 5.92. The van der Waals surface area contributed by atoms with Crippen LogP contribution in [-0.2, 0) is 4.79 Å². The fourth-order valence-corrected chi connectivity index (χ4v) is 2.04. The molecule has 0 aliphatic heterocycles. The number of aryl methyl sites for hydroxylation is 3. The molecule has 2 rings (SSSR count). The van der Waals surface area contributed by atoms with Gasteiger partial charge in [0.25, 0.3) is 11.6 Å². The van der Waals surface area contributed by atoms with Crippen molar-refractivity contribution in [2.45, 2.75) is 20.8 Å². The van der Waals surface area contributed by atoms with E-state index in [0.717, 1.165) is 11.1 Å². The molecule has 0 unspecified atom stereocenters. The smallest absolute Gasteiger partial charge is 0.269 e. The maximum absolute atomic E-state index is 11.9. The first-order valence-corrected chi connectivity index (χ1v) is 7.12. The van der Waals surface area contributed by atoms with E-state index in [0.29, 0.717) is 17.0 Å². The Labute approximate surface area is 134 Å². The van der Waals surface area contributed by atoms with Crippen LogP contribution in [0.25, 0.3) is 0 Å². The molecule has 6 nitrogen and oxygen atoms in total. The second kappa shape index (κ2) is 6.91. The number of nitro groups is 1. The van der Waals surface area contributed by atoms with Crippen LogP contribution in [0.15, 0.2) is 36.4 Å². The second-order valence-electron chi connectivity index (χ2n) is 5.34. The Hall–Kier alpha value is -2.89. The van der Waals surface area contributed by atoms with E-state index in [9.17, 15) is 14.9 Å². The lowest BCUT2D eigenvalue weighted by Crippen LogP contribution is -2.20. The van der Waals surface area contributed by atoms with Gasteiger partial charge in [0, 0.05) is 17.8 Å². The zero-order valence-corrected chi connectivity index (χ0v) is 13.3. The van der Waals surface area contributed by atoms with Gasteiger partial charge in [-0.25, -0.2) is 0 Å². The molecule has 0 spiro atoms. The van der Waals surface area contributed by atoms with E-state index in [4.69, 9.17) is 4.74 Å². The van der Waals surface area contributed by atoms with E-state index in [-0.39, 0.29) is 18.2 Å². The van der Waals surface area contributed by atoms with E-state index in [2.05, 4.69) is 5.32 Å². The molecular weight excluding hydrogens is 296 g/mol. The number of rotatable bonds is 5. The standard InChI is InChI=1S/C17H18N2O4/c1-11-4-6-15(9-12(11)2)23-10-17(20)18-16-7-5-14(19(21)22)8-13(16)3/h4-9H,10H2,1-3H3,(H,18,20). The Balaban J connectivity index is 1.97. The molecule has 1 amide bonds. The molecule has 0 saturated carbocycles. The van der Waals surface area contributed by atoms with E-state index in [1.807, 2.05) is 32.0 Å². The molecule has 0 aliphatic rings. The molecule has 2 aromatic carbocycles. The lowest BCUT2D eigenvalue weighted by molar-refractivity contribution is -0.384. The van der Waals surface area contributed by atoms with Gasteiger partial charge in [-0.1, -0.05) is 6.07 Å². The fraction of sp³-hybridized carbons (Fsp3) is 0.235. The summed E-state index contributed by atoms with van der Waals surface area (Å²) in [5.74, 6) is 0.309. The number of carbonyl (C=O) groups is 1. The average molecular weight is 314 g/mol. The third kappa shape index (κ3) is 4.29. The zero-order valence-electron chi connectivity index (χ0n) is 13.3. The minimum atomic E-state index is -0.471. The van der Waals surface area contributed by atoms with Crippen molar-refractivity contribution in [2.24, 2.45) is 0 Å². The van der Waals surface area contributed by atoms with Crippen molar-refractivity contribution < 1.29 is 14.5 Å². The van der Waals surface area contributed by atoms with Crippen LogP contribution in [0, 0.1) is 30.9 Å². The first kappa shape index (κ1) is 16.5. The summed E-state index contributed by atoms with van der Waals surface area (Å²) < 4.78 is 5.46. The summed E-state index contributed by atoms with van der Waals surface area (Å²) in [5.41, 5.74) is 3.40. The molecule has 0 radical (unpaired) electrons. The number of hydrogen-bond acceptors (Lipinski definition) is 4. The van der Waals surface area contributed by atoms with Gasteiger partial charge in [-0.05, 0) is 55.7 Å². The number of anilines is 1. The third-order valence-corrected chi connectivity index (χ3v) is 3.54. The quantitative estimate of drug-likeness (QED) is 0.676. The molecule has 0 aromatic heterocycles. The van der Waals surface area contributed by atoms with Crippen molar-refractivity contribution in [1.82, 2.24) is 0 Å². The normalized spacial score (nSPS) is 10.2. The number of nitrogens with zero attached hydrogens (tertiary/aromatic N) is 1. The van der Waals surface area contributed by atoms with Gasteiger partial charge in [0.2, 0.25) is 0 Å². The zero-order chi connectivity index (χ0) is 17.0.